The van der Waals surface area contributed by atoms with Crippen LogP contribution in [0.3, 0.4) is 0 Å². The van der Waals surface area contributed by atoms with Gasteiger partial charge in [-0.05, 0) is 47.7 Å². The van der Waals surface area contributed by atoms with E-state index in [1.165, 1.54) is 12.1 Å². The van der Waals surface area contributed by atoms with E-state index >= 15 is 0 Å². The van der Waals surface area contributed by atoms with E-state index in [4.69, 9.17) is 0 Å². The van der Waals surface area contributed by atoms with Crippen molar-refractivity contribution >= 4 is 28.6 Å². The summed E-state index contributed by atoms with van der Waals surface area (Å²) in [6.07, 6.45) is -1.39. The van der Waals surface area contributed by atoms with Crippen LogP contribution in [0.4, 0.5) is 4.39 Å². The van der Waals surface area contributed by atoms with Gasteiger partial charge in [-0.2, -0.15) is 0 Å². The van der Waals surface area contributed by atoms with Crippen molar-refractivity contribution < 1.29 is 19.0 Å². The highest BCUT2D eigenvalue weighted by atomic mass is 127. The average Bonchev–Trinajstić information content (AvgIpc) is 2.21. The number of esters is 1. The third kappa shape index (κ3) is 3.71. The summed E-state index contributed by atoms with van der Waals surface area (Å²) in [5.41, 5.74) is 0.125. The van der Waals surface area contributed by atoms with E-state index in [0.29, 0.717) is 0 Å². The molecule has 0 aliphatic heterocycles. The van der Waals surface area contributed by atoms with Crippen molar-refractivity contribution in [3.8, 4) is 0 Å². The zero-order valence-electron chi connectivity index (χ0n) is 8.74. The lowest BCUT2D eigenvalue weighted by atomic mass is 10.1. The zero-order chi connectivity index (χ0) is 12.1. The number of aliphatic hydroxyl groups excluding tert-OH is 1. The second-order valence-corrected chi connectivity index (χ2v) is 4.44. The number of carbonyl (C=O) groups excluding carboxylic acids is 1. The number of halogens is 2. The van der Waals surface area contributed by atoms with E-state index in [2.05, 4.69) is 4.74 Å². The lowest BCUT2D eigenvalue weighted by Crippen LogP contribution is -2.11. The van der Waals surface area contributed by atoms with E-state index in [0.717, 1.165) is 3.57 Å². The molecular formula is C11H12FIO3. The molecule has 0 fully saturated rings. The summed E-state index contributed by atoms with van der Waals surface area (Å²) in [6, 6.07) is 4.38. The predicted molar refractivity (Wildman–Crippen MR) is 65.3 cm³/mol. The molecule has 0 spiro atoms. The van der Waals surface area contributed by atoms with Crippen LogP contribution in [-0.4, -0.2) is 17.7 Å². The Kier molecular flexibility index (Phi) is 5.14. The van der Waals surface area contributed by atoms with Gasteiger partial charge in [0.05, 0.1) is 19.1 Å². The second kappa shape index (κ2) is 6.15. The third-order valence-electron chi connectivity index (χ3n) is 1.98. The topological polar surface area (TPSA) is 46.5 Å². The first-order chi connectivity index (χ1) is 7.54. The first-order valence-electron chi connectivity index (χ1n) is 4.83. The van der Waals surface area contributed by atoms with Crippen molar-refractivity contribution in [3.63, 3.8) is 0 Å². The first kappa shape index (κ1) is 13.4. The number of aliphatic hydroxyl groups is 1. The molecule has 0 saturated carbocycles. The van der Waals surface area contributed by atoms with Crippen molar-refractivity contribution in [2.24, 2.45) is 0 Å². The van der Waals surface area contributed by atoms with Crippen LogP contribution >= 0.6 is 22.6 Å². The highest BCUT2D eigenvalue weighted by Crippen LogP contribution is 2.22. The minimum atomic E-state index is -1.16. The van der Waals surface area contributed by atoms with E-state index in [-0.39, 0.29) is 18.6 Å². The van der Waals surface area contributed by atoms with Gasteiger partial charge in [0.15, 0.2) is 0 Å². The van der Waals surface area contributed by atoms with Gasteiger partial charge >= 0.3 is 5.97 Å². The molecule has 16 heavy (non-hydrogen) atoms. The molecule has 0 aliphatic rings. The molecule has 0 aromatic heterocycles. The van der Waals surface area contributed by atoms with Gasteiger partial charge in [-0.15, -0.1) is 0 Å². The van der Waals surface area contributed by atoms with Crippen LogP contribution in [0.1, 0.15) is 25.0 Å². The molecule has 88 valence electrons. The van der Waals surface area contributed by atoms with Crippen molar-refractivity contribution in [2.45, 2.75) is 19.4 Å². The Hall–Kier alpha value is -0.690. The van der Waals surface area contributed by atoms with Crippen molar-refractivity contribution in [2.75, 3.05) is 6.61 Å². The van der Waals surface area contributed by atoms with E-state index in [1.54, 1.807) is 13.0 Å². The van der Waals surface area contributed by atoms with Gasteiger partial charge in [0, 0.05) is 9.13 Å². The third-order valence-corrected chi connectivity index (χ3v) is 2.65. The van der Waals surface area contributed by atoms with Crippen LogP contribution in [-0.2, 0) is 9.53 Å². The fourth-order valence-corrected chi connectivity index (χ4v) is 1.77. The van der Waals surface area contributed by atoms with Gasteiger partial charge in [-0.25, -0.2) is 4.39 Å². The number of rotatable bonds is 4. The average molecular weight is 338 g/mol. The number of carbonyl (C=O) groups is 1. The minimum Gasteiger partial charge on any atom is -0.466 e. The molecule has 0 heterocycles. The lowest BCUT2D eigenvalue weighted by molar-refractivity contribution is -0.145. The molecule has 1 aromatic rings. The van der Waals surface area contributed by atoms with Crippen LogP contribution in [0, 0.1) is 9.39 Å². The summed E-state index contributed by atoms with van der Waals surface area (Å²) in [4.78, 5) is 11.1. The summed E-state index contributed by atoms with van der Waals surface area (Å²) in [7, 11) is 0. The summed E-state index contributed by atoms with van der Waals surface area (Å²) < 4.78 is 18.8. The van der Waals surface area contributed by atoms with Gasteiger partial charge in [0.25, 0.3) is 0 Å². The summed E-state index contributed by atoms with van der Waals surface area (Å²) in [5, 5.41) is 9.68. The number of hydrogen-bond donors (Lipinski definition) is 1. The Labute approximate surface area is 107 Å². The van der Waals surface area contributed by atoms with E-state index in [1.807, 2.05) is 22.6 Å². The zero-order valence-corrected chi connectivity index (χ0v) is 10.9. The van der Waals surface area contributed by atoms with Crippen LogP contribution in [0.15, 0.2) is 18.2 Å². The first-order valence-corrected chi connectivity index (χ1v) is 5.91. The lowest BCUT2D eigenvalue weighted by Gasteiger charge is -2.11. The van der Waals surface area contributed by atoms with Gasteiger partial charge in [0.1, 0.15) is 5.82 Å². The maximum Gasteiger partial charge on any atom is 0.308 e. The highest BCUT2D eigenvalue weighted by Gasteiger charge is 2.17. The summed E-state index contributed by atoms with van der Waals surface area (Å²) in [6.45, 7) is 1.93. The molecule has 3 nitrogen and oxygen atoms in total. The Morgan fingerprint density at radius 2 is 2.31 bits per heavy atom. The SMILES string of the molecule is CCOC(=O)CC(O)c1cc(I)ccc1F. The number of hydrogen-bond acceptors (Lipinski definition) is 3. The smallest absolute Gasteiger partial charge is 0.308 e. The Morgan fingerprint density at radius 3 is 2.94 bits per heavy atom. The fraction of sp³-hybridized carbons (Fsp3) is 0.364. The molecule has 0 bridgehead atoms. The van der Waals surface area contributed by atoms with Gasteiger partial charge < -0.3 is 9.84 Å². The van der Waals surface area contributed by atoms with Crippen molar-refractivity contribution in [1.29, 1.82) is 0 Å². The van der Waals surface area contributed by atoms with Gasteiger partial charge in [-0.3, -0.25) is 4.79 Å². The molecule has 1 N–H and O–H groups in total. The Morgan fingerprint density at radius 1 is 1.62 bits per heavy atom. The standard InChI is InChI=1S/C11H12FIO3/c1-2-16-11(15)6-10(14)8-5-7(13)3-4-9(8)12/h3-5,10,14H,2,6H2,1H3. The molecule has 0 radical (unpaired) electrons. The molecule has 1 aromatic carbocycles. The van der Waals surface area contributed by atoms with Crippen LogP contribution in [0.2, 0.25) is 0 Å². The van der Waals surface area contributed by atoms with Crippen LogP contribution in [0.5, 0.6) is 0 Å². The molecule has 0 amide bonds. The maximum absolute atomic E-state index is 13.3. The van der Waals surface area contributed by atoms with Gasteiger partial charge in [-0.1, -0.05) is 0 Å². The van der Waals surface area contributed by atoms with Crippen molar-refractivity contribution in [1.82, 2.24) is 0 Å². The largest absolute Gasteiger partial charge is 0.466 e. The molecule has 5 heteroatoms. The predicted octanol–water partition coefficient (Wildman–Crippen LogP) is 2.42. The van der Waals surface area contributed by atoms with Crippen LogP contribution < -0.4 is 0 Å². The van der Waals surface area contributed by atoms with E-state index < -0.39 is 17.9 Å². The molecule has 1 atom stereocenters. The molecular weight excluding hydrogens is 326 g/mol. The Balaban J connectivity index is 2.76. The van der Waals surface area contributed by atoms with E-state index in [9.17, 15) is 14.3 Å². The van der Waals surface area contributed by atoms with Crippen molar-refractivity contribution in [3.05, 3.63) is 33.1 Å². The molecule has 0 saturated heterocycles. The minimum absolute atomic E-state index is 0.125. The fourth-order valence-electron chi connectivity index (χ4n) is 1.26. The second-order valence-electron chi connectivity index (χ2n) is 3.19. The summed E-state index contributed by atoms with van der Waals surface area (Å²) in [5.74, 6) is -1.05. The quantitative estimate of drug-likeness (QED) is 0.678. The molecule has 1 rings (SSSR count). The maximum atomic E-state index is 13.3. The monoisotopic (exact) mass is 338 g/mol. The number of benzene rings is 1. The molecule has 1 unspecified atom stereocenters. The number of ether oxygens (including phenoxy) is 1. The Bertz CT molecular complexity index is 381. The highest BCUT2D eigenvalue weighted by molar-refractivity contribution is 14.1. The molecule has 0 aliphatic carbocycles. The summed E-state index contributed by atoms with van der Waals surface area (Å²) >= 11 is 2.01. The van der Waals surface area contributed by atoms with Gasteiger partial charge in [0.2, 0.25) is 0 Å². The van der Waals surface area contributed by atoms with Crippen LogP contribution in [0.25, 0.3) is 0 Å². The normalized spacial score (nSPS) is 12.2.